The fourth-order valence-corrected chi connectivity index (χ4v) is 6.11. The minimum atomic E-state index is -0.930. The Hall–Kier alpha value is -3.87. The monoisotopic (exact) mass is 446 g/mol. The van der Waals surface area contributed by atoms with Crippen molar-refractivity contribution >= 4 is 23.8 Å². The van der Waals surface area contributed by atoms with Gasteiger partial charge in [0.15, 0.2) is 0 Å². The summed E-state index contributed by atoms with van der Waals surface area (Å²) in [6.07, 6.45) is 0. The first kappa shape index (κ1) is 21.0. The molecule has 0 heterocycles. The van der Waals surface area contributed by atoms with Crippen LogP contribution < -0.4 is 25.4 Å². The number of hydrogen-bond acceptors (Lipinski definition) is 2. The highest BCUT2D eigenvalue weighted by Gasteiger charge is 2.24. The predicted molar refractivity (Wildman–Crippen MR) is 138 cm³/mol. The van der Waals surface area contributed by atoms with Crippen LogP contribution in [0.15, 0.2) is 140 Å². The van der Waals surface area contributed by atoms with E-state index in [2.05, 4.69) is 54.6 Å². The van der Waals surface area contributed by atoms with Crippen LogP contribution in [0.3, 0.4) is 0 Å². The molecular weight excluding hydrogens is 423 g/mol. The van der Waals surface area contributed by atoms with Crippen LogP contribution in [0, 0.1) is 0 Å². The molecule has 0 radical (unpaired) electrons. The zero-order valence-electron chi connectivity index (χ0n) is 18.0. The van der Waals surface area contributed by atoms with Gasteiger partial charge in [0.05, 0.1) is 0 Å². The van der Waals surface area contributed by atoms with Crippen LogP contribution in [0.25, 0.3) is 0 Å². The topological polar surface area (TPSA) is 18.5 Å². The van der Waals surface area contributed by atoms with E-state index in [9.17, 15) is 0 Å². The zero-order valence-corrected chi connectivity index (χ0v) is 18.9. The first-order valence-electron chi connectivity index (χ1n) is 10.9. The number of hydrogen-bond donors (Lipinski definition) is 0. The van der Waals surface area contributed by atoms with Crippen LogP contribution in [-0.2, 0) is 0 Å². The molecular formula is C30H23O2P. The van der Waals surface area contributed by atoms with Crippen molar-refractivity contribution in [1.82, 2.24) is 0 Å². The maximum Gasteiger partial charge on any atom is 0.135 e. The highest BCUT2D eigenvalue weighted by Crippen LogP contribution is 2.41. The summed E-state index contributed by atoms with van der Waals surface area (Å²) in [7, 11) is -0.930. The van der Waals surface area contributed by atoms with Gasteiger partial charge >= 0.3 is 0 Å². The average Bonchev–Trinajstić information content (AvgIpc) is 2.88. The third-order valence-electron chi connectivity index (χ3n) is 5.17. The lowest BCUT2D eigenvalue weighted by Gasteiger charge is -2.24. The van der Waals surface area contributed by atoms with Crippen LogP contribution in [0.5, 0.6) is 23.0 Å². The molecule has 5 aromatic carbocycles. The minimum Gasteiger partial charge on any atom is -0.457 e. The molecule has 0 aromatic heterocycles. The Morgan fingerprint density at radius 2 is 0.727 bits per heavy atom. The zero-order chi connectivity index (χ0) is 22.3. The molecule has 5 aromatic rings. The lowest BCUT2D eigenvalue weighted by atomic mass is 10.3. The summed E-state index contributed by atoms with van der Waals surface area (Å²) < 4.78 is 12.7. The van der Waals surface area contributed by atoms with E-state index in [1.165, 1.54) is 5.30 Å². The molecule has 0 aliphatic heterocycles. The Morgan fingerprint density at radius 1 is 0.364 bits per heavy atom. The van der Waals surface area contributed by atoms with Crippen molar-refractivity contribution in [2.24, 2.45) is 0 Å². The first-order chi connectivity index (χ1) is 16.4. The lowest BCUT2D eigenvalue weighted by molar-refractivity contribution is 0.486. The summed E-state index contributed by atoms with van der Waals surface area (Å²) in [5.74, 6) is 3.35. The second-order valence-electron chi connectivity index (χ2n) is 7.44. The van der Waals surface area contributed by atoms with Crippen LogP contribution in [0.2, 0.25) is 0 Å². The predicted octanol–water partition coefficient (Wildman–Crippen LogP) is 7.03. The second-order valence-corrected chi connectivity index (χ2v) is 9.59. The van der Waals surface area contributed by atoms with Gasteiger partial charge in [-0.1, -0.05) is 103 Å². The molecule has 0 aliphatic carbocycles. The van der Waals surface area contributed by atoms with Gasteiger partial charge in [0.1, 0.15) is 23.0 Å². The number of rotatable bonds is 7. The average molecular weight is 446 g/mol. The quantitative estimate of drug-likeness (QED) is 0.250. The van der Waals surface area contributed by atoms with E-state index in [1.54, 1.807) is 0 Å². The van der Waals surface area contributed by atoms with Gasteiger partial charge in [0, 0.05) is 10.6 Å². The number of para-hydroxylation sites is 4. The van der Waals surface area contributed by atoms with Crippen molar-refractivity contribution in [2.45, 2.75) is 0 Å². The molecule has 0 aliphatic rings. The van der Waals surface area contributed by atoms with Crippen molar-refractivity contribution < 1.29 is 9.47 Å². The third-order valence-corrected chi connectivity index (χ3v) is 7.69. The molecule has 160 valence electrons. The standard InChI is InChI=1S/C30H23O2P/c1-4-14-24(15-5-1)31-27-20-10-12-22-29(27)33(26-18-8-3-9-19-26)30-23-13-11-21-28(30)32-25-16-6-2-7-17-25/h1-23H. The van der Waals surface area contributed by atoms with E-state index in [0.29, 0.717) is 0 Å². The Bertz CT molecular complexity index is 1220. The van der Waals surface area contributed by atoms with Crippen LogP contribution in [-0.4, -0.2) is 0 Å². The van der Waals surface area contributed by atoms with E-state index < -0.39 is 7.92 Å². The van der Waals surface area contributed by atoms with Crippen LogP contribution >= 0.6 is 7.92 Å². The normalized spacial score (nSPS) is 10.7. The van der Waals surface area contributed by atoms with Crippen LogP contribution in [0.1, 0.15) is 0 Å². The van der Waals surface area contributed by atoms with E-state index in [-0.39, 0.29) is 0 Å². The smallest absolute Gasteiger partial charge is 0.135 e. The van der Waals surface area contributed by atoms with E-state index in [0.717, 1.165) is 33.6 Å². The minimum absolute atomic E-state index is 0.821. The molecule has 0 unspecified atom stereocenters. The summed E-state index contributed by atoms with van der Waals surface area (Å²) in [4.78, 5) is 0. The Balaban J connectivity index is 1.63. The molecule has 0 amide bonds. The molecule has 0 saturated carbocycles. The first-order valence-corrected chi connectivity index (χ1v) is 12.2. The summed E-state index contributed by atoms with van der Waals surface area (Å²) in [6, 6.07) is 47.1. The number of benzene rings is 5. The molecule has 0 bridgehead atoms. The molecule has 3 heteroatoms. The third kappa shape index (κ3) is 4.98. The summed E-state index contributed by atoms with van der Waals surface area (Å²) in [6.45, 7) is 0. The SMILES string of the molecule is c1ccc(Oc2ccccc2P(c2ccccc2)c2ccccc2Oc2ccccc2)cc1. The van der Waals surface area contributed by atoms with Crippen molar-refractivity contribution in [2.75, 3.05) is 0 Å². The van der Waals surface area contributed by atoms with Crippen molar-refractivity contribution in [1.29, 1.82) is 0 Å². The highest BCUT2D eigenvalue weighted by molar-refractivity contribution is 7.80. The Morgan fingerprint density at radius 3 is 1.18 bits per heavy atom. The summed E-state index contributed by atoms with van der Waals surface area (Å²) >= 11 is 0. The van der Waals surface area contributed by atoms with Gasteiger partial charge in [-0.25, -0.2) is 0 Å². The fourth-order valence-electron chi connectivity index (χ4n) is 3.67. The van der Waals surface area contributed by atoms with Crippen molar-refractivity contribution in [3.63, 3.8) is 0 Å². The maximum atomic E-state index is 6.37. The van der Waals surface area contributed by atoms with E-state index in [4.69, 9.17) is 9.47 Å². The van der Waals surface area contributed by atoms with Gasteiger partial charge in [-0.15, -0.1) is 0 Å². The highest BCUT2D eigenvalue weighted by atomic mass is 31.1. The summed E-state index contributed by atoms with van der Waals surface area (Å²) in [5.41, 5.74) is 0. The van der Waals surface area contributed by atoms with E-state index >= 15 is 0 Å². The Labute approximate surface area is 195 Å². The molecule has 0 spiro atoms. The van der Waals surface area contributed by atoms with Gasteiger partial charge in [0.25, 0.3) is 0 Å². The van der Waals surface area contributed by atoms with Gasteiger partial charge in [-0.2, -0.15) is 0 Å². The molecule has 0 fully saturated rings. The van der Waals surface area contributed by atoms with Crippen LogP contribution in [0.4, 0.5) is 0 Å². The molecule has 5 rings (SSSR count). The lowest BCUT2D eigenvalue weighted by Crippen LogP contribution is -2.22. The fraction of sp³-hybridized carbons (Fsp3) is 0. The number of ether oxygens (including phenoxy) is 2. The molecule has 0 saturated heterocycles. The van der Waals surface area contributed by atoms with Crippen molar-refractivity contribution in [3.05, 3.63) is 140 Å². The second kappa shape index (κ2) is 10.2. The van der Waals surface area contributed by atoms with Gasteiger partial charge < -0.3 is 9.47 Å². The Kier molecular flexibility index (Phi) is 6.47. The van der Waals surface area contributed by atoms with Crippen molar-refractivity contribution in [3.8, 4) is 23.0 Å². The molecule has 2 nitrogen and oxygen atoms in total. The van der Waals surface area contributed by atoms with Gasteiger partial charge in [-0.05, 0) is 49.6 Å². The molecule has 33 heavy (non-hydrogen) atoms. The van der Waals surface area contributed by atoms with Gasteiger partial charge in [-0.3, -0.25) is 0 Å². The molecule has 0 atom stereocenters. The largest absolute Gasteiger partial charge is 0.457 e. The maximum absolute atomic E-state index is 6.37. The molecule has 0 N–H and O–H groups in total. The van der Waals surface area contributed by atoms with E-state index in [1.807, 2.05) is 84.9 Å². The summed E-state index contributed by atoms with van der Waals surface area (Å²) in [5, 5.41) is 3.53. The van der Waals surface area contributed by atoms with Gasteiger partial charge in [0.2, 0.25) is 0 Å².